The lowest BCUT2D eigenvalue weighted by Gasteiger charge is -2.08. The molecule has 2 rings (SSSR count). The molecule has 5 nitrogen and oxygen atoms in total. The van der Waals surface area contributed by atoms with E-state index in [1.54, 1.807) is 19.1 Å². The number of hydrogen-bond donors (Lipinski definition) is 2. The fraction of sp³-hybridized carbons (Fsp3) is 0.0833. The van der Waals surface area contributed by atoms with Crippen molar-refractivity contribution in [2.75, 3.05) is 5.32 Å². The van der Waals surface area contributed by atoms with Gasteiger partial charge in [-0.05, 0) is 58.7 Å². The number of rotatable bonds is 3. The zero-order valence-electron chi connectivity index (χ0n) is 10.4. The molecule has 0 bridgehead atoms. The maximum atomic E-state index is 12.0. The van der Waals surface area contributed by atoms with Crippen LogP contribution in [0.25, 0.3) is 0 Å². The average Bonchev–Trinajstić information content (AvgIpc) is 2.77. The first-order valence-corrected chi connectivity index (χ1v) is 8.63. The fourth-order valence-corrected chi connectivity index (χ4v) is 3.45. The van der Waals surface area contributed by atoms with Crippen molar-refractivity contribution in [1.82, 2.24) is 0 Å². The number of amides is 1. The van der Waals surface area contributed by atoms with Gasteiger partial charge in [0.25, 0.3) is 5.91 Å². The summed E-state index contributed by atoms with van der Waals surface area (Å²) >= 11 is 4.61. The Balaban J connectivity index is 2.25. The summed E-state index contributed by atoms with van der Waals surface area (Å²) in [7, 11) is -3.74. The van der Waals surface area contributed by atoms with Gasteiger partial charge in [-0.25, -0.2) is 13.6 Å². The third-order valence-corrected chi connectivity index (χ3v) is 5.11. The topological polar surface area (TPSA) is 89.3 Å². The molecule has 0 spiro atoms. The second-order valence-electron chi connectivity index (χ2n) is 4.08. The Morgan fingerprint density at radius 2 is 2.00 bits per heavy atom. The Bertz CT molecular complexity index is 769. The van der Waals surface area contributed by atoms with E-state index in [9.17, 15) is 13.2 Å². The van der Waals surface area contributed by atoms with E-state index in [0.29, 0.717) is 16.1 Å². The number of thiophene rings is 1. The van der Waals surface area contributed by atoms with Crippen LogP contribution in [-0.2, 0) is 10.0 Å². The van der Waals surface area contributed by atoms with E-state index in [1.165, 1.54) is 29.5 Å². The van der Waals surface area contributed by atoms with Gasteiger partial charge in [0, 0.05) is 5.69 Å². The highest BCUT2D eigenvalue weighted by Crippen LogP contribution is 2.24. The van der Waals surface area contributed by atoms with Crippen LogP contribution in [-0.4, -0.2) is 14.3 Å². The molecule has 0 aliphatic rings. The van der Waals surface area contributed by atoms with Gasteiger partial charge in [0.2, 0.25) is 10.0 Å². The number of benzene rings is 1. The molecule has 1 heterocycles. The quantitative estimate of drug-likeness (QED) is 0.865. The minimum absolute atomic E-state index is 0.0202. The number of carbonyl (C=O) groups is 1. The number of sulfonamides is 1. The summed E-state index contributed by atoms with van der Waals surface area (Å²) in [6.07, 6.45) is 0. The molecule has 1 aromatic carbocycles. The van der Waals surface area contributed by atoms with Crippen LogP contribution in [0.2, 0.25) is 0 Å². The van der Waals surface area contributed by atoms with Gasteiger partial charge in [-0.2, -0.15) is 0 Å². The van der Waals surface area contributed by atoms with Gasteiger partial charge in [0.1, 0.15) is 0 Å². The molecule has 0 aliphatic carbocycles. The van der Waals surface area contributed by atoms with Crippen LogP contribution in [0.1, 0.15) is 15.2 Å². The van der Waals surface area contributed by atoms with Gasteiger partial charge in [-0.1, -0.05) is 0 Å². The first-order valence-electron chi connectivity index (χ1n) is 5.47. The smallest absolute Gasteiger partial charge is 0.265 e. The van der Waals surface area contributed by atoms with Gasteiger partial charge in [-0.15, -0.1) is 11.3 Å². The predicted molar refractivity (Wildman–Crippen MR) is 82.5 cm³/mol. The highest BCUT2D eigenvalue weighted by Gasteiger charge is 2.13. The Kier molecular flexibility index (Phi) is 4.28. The number of halogens is 1. The molecule has 20 heavy (non-hydrogen) atoms. The van der Waals surface area contributed by atoms with E-state index in [1.807, 2.05) is 0 Å². The Hall–Kier alpha value is -1.22. The van der Waals surface area contributed by atoms with Gasteiger partial charge in [0.05, 0.1) is 13.6 Å². The molecule has 0 saturated heterocycles. The third kappa shape index (κ3) is 3.45. The van der Waals surface area contributed by atoms with Gasteiger partial charge >= 0.3 is 0 Å². The summed E-state index contributed by atoms with van der Waals surface area (Å²) in [6.45, 7) is 1.70. The van der Waals surface area contributed by atoms with Crippen molar-refractivity contribution in [3.05, 3.63) is 44.6 Å². The van der Waals surface area contributed by atoms with Crippen LogP contribution in [0.15, 0.2) is 39.0 Å². The zero-order valence-corrected chi connectivity index (χ0v) is 13.6. The number of nitrogens with two attached hydrogens (primary N) is 1. The van der Waals surface area contributed by atoms with Gasteiger partial charge in [0.15, 0.2) is 0 Å². The molecule has 2 aromatic rings. The van der Waals surface area contributed by atoms with Crippen LogP contribution in [0.3, 0.4) is 0 Å². The summed E-state index contributed by atoms with van der Waals surface area (Å²) in [5.74, 6) is -0.243. The molecule has 0 radical (unpaired) electrons. The van der Waals surface area contributed by atoms with Crippen LogP contribution in [0.5, 0.6) is 0 Å². The SMILES string of the molecule is Cc1cc(S(N)(=O)=O)ccc1NC(=O)c1ccc(Br)s1. The van der Waals surface area contributed by atoms with Crippen molar-refractivity contribution in [2.24, 2.45) is 5.14 Å². The van der Waals surface area contributed by atoms with Crippen molar-refractivity contribution < 1.29 is 13.2 Å². The second kappa shape index (κ2) is 5.65. The van der Waals surface area contributed by atoms with Crippen molar-refractivity contribution in [3.63, 3.8) is 0 Å². The van der Waals surface area contributed by atoms with Crippen LogP contribution in [0, 0.1) is 6.92 Å². The van der Waals surface area contributed by atoms with Crippen molar-refractivity contribution in [1.29, 1.82) is 0 Å². The standard InChI is InChI=1S/C12H11BrN2O3S2/c1-7-6-8(20(14,17)18)2-3-9(7)15-12(16)10-4-5-11(13)19-10/h2-6H,1H3,(H,15,16)(H2,14,17,18). The molecule has 3 N–H and O–H groups in total. The van der Waals surface area contributed by atoms with Crippen molar-refractivity contribution >= 4 is 48.9 Å². The molecule has 0 atom stereocenters. The molecule has 0 aliphatic heterocycles. The number of primary sulfonamides is 1. The minimum Gasteiger partial charge on any atom is -0.321 e. The Morgan fingerprint density at radius 3 is 2.50 bits per heavy atom. The largest absolute Gasteiger partial charge is 0.321 e. The maximum Gasteiger partial charge on any atom is 0.265 e. The van der Waals surface area contributed by atoms with Gasteiger partial charge in [-0.3, -0.25) is 4.79 Å². The fourth-order valence-electron chi connectivity index (χ4n) is 1.57. The summed E-state index contributed by atoms with van der Waals surface area (Å²) in [5.41, 5.74) is 1.17. The molecule has 8 heteroatoms. The molecule has 0 unspecified atom stereocenters. The molecular weight excluding hydrogens is 364 g/mol. The highest BCUT2D eigenvalue weighted by molar-refractivity contribution is 9.11. The third-order valence-electron chi connectivity index (χ3n) is 2.57. The van der Waals surface area contributed by atoms with E-state index < -0.39 is 10.0 Å². The number of aryl methyl sites for hydroxylation is 1. The predicted octanol–water partition coefficient (Wildman–Crippen LogP) is 2.72. The van der Waals surface area contributed by atoms with E-state index in [2.05, 4.69) is 21.2 Å². The molecular formula is C12H11BrN2O3S2. The second-order valence-corrected chi connectivity index (χ2v) is 8.10. The van der Waals surface area contributed by atoms with Crippen LogP contribution >= 0.6 is 27.3 Å². The van der Waals surface area contributed by atoms with Gasteiger partial charge < -0.3 is 5.32 Å². The normalized spacial score (nSPS) is 11.3. The molecule has 0 fully saturated rings. The molecule has 106 valence electrons. The Labute approximate surface area is 129 Å². The van der Waals surface area contributed by atoms with E-state index >= 15 is 0 Å². The number of carbonyl (C=O) groups excluding carboxylic acids is 1. The lowest BCUT2D eigenvalue weighted by atomic mass is 10.2. The summed E-state index contributed by atoms with van der Waals surface area (Å²) in [4.78, 5) is 12.6. The van der Waals surface area contributed by atoms with Crippen LogP contribution in [0.4, 0.5) is 5.69 Å². The summed E-state index contributed by atoms with van der Waals surface area (Å²) in [5, 5.41) is 7.79. The minimum atomic E-state index is -3.74. The number of hydrogen-bond acceptors (Lipinski definition) is 4. The number of anilines is 1. The summed E-state index contributed by atoms with van der Waals surface area (Å²) in [6, 6.07) is 7.81. The van der Waals surface area contributed by atoms with Crippen molar-refractivity contribution in [2.45, 2.75) is 11.8 Å². The Morgan fingerprint density at radius 1 is 1.30 bits per heavy atom. The van der Waals surface area contributed by atoms with E-state index in [0.717, 1.165) is 3.79 Å². The average molecular weight is 375 g/mol. The first kappa shape index (κ1) is 15.2. The van der Waals surface area contributed by atoms with E-state index in [-0.39, 0.29) is 10.8 Å². The highest BCUT2D eigenvalue weighted by atomic mass is 79.9. The first-order chi connectivity index (χ1) is 9.27. The van der Waals surface area contributed by atoms with E-state index in [4.69, 9.17) is 5.14 Å². The maximum absolute atomic E-state index is 12.0. The van der Waals surface area contributed by atoms with Crippen LogP contribution < -0.4 is 10.5 Å². The molecule has 1 amide bonds. The zero-order chi connectivity index (χ0) is 14.9. The van der Waals surface area contributed by atoms with Crippen molar-refractivity contribution in [3.8, 4) is 0 Å². The lowest BCUT2D eigenvalue weighted by molar-refractivity contribution is 0.103. The summed E-state index contributed by atoms with van der Waals surface area (Å²) < 4.78 is 23.3. The number of nitrogens with one attached hydrogen (secondary N) is 1. The lowest BCUT2D eigenvalue weighted by Crippen LogP contribution is -2.14. The molecule has 0 saturated carbocycles. The monoisotopic (exact) mass is 374 g/mol. The molecule has 1 aromatic heterocycles.